The molecule has 1 fully saturated rings. The van der Waals surface area contributed by atoms with Gasteiger partial charge in [-0.05, 0) is 37.5 Å². The SMILES string of the molecule is Cc1c(Br)cc(C(=O)N(C)C2CCCC2)cc1S(N)(=O)=O. The zero-order valence-corrected chi connectivity index (χ0v) is 14.5. The van der Waals surface area contributed by atoms with E-state index in [2.05, 4.69) is 15.9 Å². The van der Waals surface area contributed by atoms with Crippen molar-refractivity contribution in [2.24, 2.45) is 5.14 Å². The van der Waals surface area contributed by atoms with Crippen LogP contribution in [0.2, 0.25) is 0 Å². The fourth-order valence-electron chi connectivity index (χ4n) is 2.73. The maximum Gasteiger partial charge on any atom is 0.253 e. The number of sulfonamides is 1. The summed E-state index contributed by atoms with van der Waals surface area (Å²) >= 11 is 3.30. The number of primary sulfonamides is 1. The molecule has 0 heterocycles. The number of nitrogens with two attached hydrogens (primary N) is 1. The molecule has 2 rings (SSSR count). The second-order valence-electron chi connectivity index (χ2n) is 5.48. The summed E-state index contributed by atoms with van der Waals surface area (Å²) in [7, 11) is -2.09. The molecule has 7 heteroatoms. The smallest absolute Gasteiger partial charge is 0.253 e. The van der Waals surface area contributed by atoms with Gasteiger partial charge in [-0.15, -0.1) is 0 Å². The predicted molar refractivity (Wildman–Crippen MR) is 84.6 cm³/mol. The third-order valence-corrected chi connectivity index (χ3v) is 5.90. The van der Waals surface area contributed by atoms with Gasteiger partial charge in [0.05, 0.1) is 4.90 Å². The van der Waals surface area contributed by atoms with Crippen LogP contribution in [0.3, 0.4) is 0 Å². The van der Waals surface area contributed by atoms with Crippen molar-refractivity contribution in [2.45, 2.75) is 43.5 Å². The first-order valence-electron chi connectivity index (χ1n) is 6.82. The van der Waals surface area contributed by atoms with Crippen LogP contribution in [-0.2, 0) is 10.0 Å². The Kier molecular flexibility index (Phi) is 4.75. The number of amides is 1. The van der Waals surface area contributed by atoms with Gasteiger partial charge in [0.25, 0.3) is 5.91 Å². The Bertz CT molecular complexity index is 667. The molecule has 1 saturated carbocycles. The molecule has 0 atom stereocenters. The van der Waals surface area contributed by atoms with Gasteiger partial charge in [0.2, 0.25) is 10.0 Å². The van der Waals surface area contributed by atoms with Crippen LogP contribution < -0.4 is 5.14 Å². The van der Waals surface area contributed by atoms with Crippen molar-refractivity contribution in [1.29, 1.82) is 0 Å². The molecule has 0 spiro atoms. The highest BCUT2D eigenvalue weighted by Crippen LogP contribution is 2.28. The lowest BCUT2D eigenvalue weighted by Gasteiger charge is -2.24. The second kappa shape index (κ2) is 6.06. The van der Waals surface area contributed by atoms with Crippen molar-refractivity contribution in [3.63, 3.8) is 0 Å². The molecule has 1 aliphatic rings. The number of rotatable bonds is 3. The average molecular weight is 375 g/mol. The van der Waals surface area contributed by atoms with Crippen LogP contribution in [0, 0.1) is 6.92 Å². The minimum absolute atomic E-state index is 0.0138. The lowest BCUT2D eigenvalue weighted by Crippen LogP contribution is -2.35. The van der Waals surface area contributed by atoms with Crippen molar-refractivity contribution in [3.05, 3.63) is 27.7 Å². The number of hydrogen-bond acceptors (Lipinski definition) is 3. The molecule has 0 bridgehead atoms. The first-order chi connectivity index (χ1) is 9.71. The van der Waals surface area contributed by atoms with Crippen LogP contribution in [0.4, 0.5) is 0 Å². The van der Waals surface area contributed by atoms with Crippen LogP contribution in [0.1, 0.15) is 41.6 Å². The number of carbonyl (C=O) groups excluding carboxylic acids is 1. The summed E-state index contributed by atoms with van der Waals surface area (Å²) in [6.45, 7) is 1.65. The van der Waals surface area contributed by atoms with Gasteiger partial charge < -0.3 is 4.90 Å². The van der Waals surface area contributed by atoms with E-state index in [0.29, 0.717) is 15.6 Å². The van der Waals surface area contributed by atoms with Crippen molar-refractivity contribution >= 4 is 31.9 Å². The molecular formula is C14H19BrN2O3S. The highest BCUT2D eigenvalue weighted by molar-refractivity contribution is 9.10. The van der Waals surface area contributed by atoms with Gasteiger partial charge in [-0.25, -0.2) is 13.6 Å². The Labute approximate surface area is 133 Å². The number of carbonyl (C=O) groups is 1. The van der Waals surface area contributed by atoms with E-state index in [-0.39, 0.29) is 16.8 Å². The molecule has 0 unspecified atom stereocenters. The van der Waals surface area contributed by atoms with Gasteiger partial charge >= 0.3 is 0 Å². The van der Waals surface area contributed by atoms with Crippen molar-refractivity contribution in [3.8, 4) is 0 Å². The molecule has 0 radical (unpaired) electrons. The van der Waals surface area contributed by atoms with Crippen molar-refractivity contribution in [2.75, 3.05) is 7.05 Å². The van der Waals surface area contributed by atoms with Gasteiger partial charge in [0.15, 0.2) is 0 Å². The fourth-order valence-corrected chi connectivity index (χ4v) is 4.15. The average Bonchev–Trinajstić information content (AvgIpc) is 2.92. The van der Waals surface area contributed by atoms with Crippen LogP contribution in [0.15, 0.2) is 21.5 Å². The van der Waals surface area contributed by atoms with E-state index in [1.165, 1.54) is 6.07 Å². The van der Waals surface area contributed by atoms with E-state index in [1.807, 2.05) is 0 Å². The summed E-state index contributed by atoms with van der Waals surface area (Å²) in [4.78, 5) is 14.2. The predicted octanol–water partition coefficient (Wildman–Crippen LogP) is 2.42. The first-order valence-corrected chi connectivity index (χ1v) is 9.16. The zero-order chi connectivity index (χ0) is 15.8. The lowest BCUT2D eigenvalue weighted by molar-refractivity contribution is 0.0735. The van der Waals surface area contributed by atoms with E-state index >= 15 is 0 Å². The third kappa shape index (κ3) is 3.46. The van der Waals surface area contributed by atoms with Gasteiger partial charge in [-0.2, -0.15) is 0 Å². The lowest BCUT2D eigenvalue weighted by atomic mass is 10.1. The molecule has 0 saturated heterocycles. The summed E-state index contributed by atoms with van der Waals surface area (Å²) in [5.41, 5.74) is 0.850. The topological polar surface area (TPSA) is 80.5 Å². The number of nitrogens with zero attached hydrogens (tertiary/aromatic N) is 1. The molecule has 5 nitrogen and oxygen atoms in total. The minimum Gasteiger partial charge on any atom is -0.339 e. The maximum absolute atomic E-state index is 12.5. The Balaban J connectivity index is 2.40. The number of benzene rings is 1. The second-order valence-corrected chi connectivity index (χ2v) is 7.86. The normalized spacial score (nSPS) is 16.2. The molecular weight excluding hydrogens is 356 g/mol. The molecule has 2 N–H and O–H groups in total. The quantitative estimate of drug-likeness (QED) is 0.881. The molecule has 0 aromatic heterocycles. The Morgan fingerprint density at radius 3 is 2.43 bits per heavy atom. The highest BCUT2D eigenvalue weighted by Gasteiger charge is 2.26. The van der Waals surface area contributed by atoms with Crippen LogP contribution in [0.25, 0.3) is 0 Å². The van der Waals surface area contributed by atoms with Gasteiger partial charge in [-0.3, -0.25) is 4.79 Å². The number of hydrogen-bond donors (Lipinski definition) is 1. The van der Waals surface area contributed by atoms with E-state index in [1.54, 1.807) is 24.9 Å². The molecule has 1 aromatic carbocycles. The van der Waals surface area contributed by atoms with Crippen molar-refractivity contribution < 1.29 is 13.2 Å². The van der Waals surface area contributed by atoms with E-state index in [0.717, 1.165) is 25.7 Å². The zero-order valence-electron chi connectivity index (χ0n) is 12.1. The van der Waals surface area contributed by atoms with E-state index in [9.17, 15) is 13.2 Å². The Morgan fingerprint density at radius 2 is 1.90 bits per heavy atom. The molecule has 21 heavy (non-hydrogen) atoms. The molecule has 1 aliphatic carbocycles. The largest absolute Gasteiger partial charge is 0.339 e. The van der Waals surface area contributed by atoms with Crippen molar-refractivity contribution in [1.82, 2.24) is 4.90 Å². The Morgan fingerprint density at radius 1 is 1.33 bits per heavy atom. The molecule has 116 valence electrons. The summed E-state index contributed by atoms with van der Waals surface area (Å²) < 4.78 is 23.8. The van der Waals surface area contributed by atoms with E-state index in [4.69, 9.17) is 5.14 Å². The standard InChI is InChI=1S/C14H19BrN2O3S/c1-9-12(15)7-10(8-13(9)21(16,19)20)14(18)17(2)11-5-3-4-6-11/h7-8,11H,3-6H2,1-2H3,(H2,16,19,20). The van der Waals surface area contributed by atoms with Crippen LogP contribution in [0.5, 0.6) is 0 Å². The maximum atomic E-state index is 12.5. The summed E-state index contributed by atoms with van der Waals surface area (Å²) in [5, 5.41) is 5.22. The van der Waals surface area contributed by atoms with E-state index < -0.39 is 10.0 Å². The molecule has 1 amide bonds. The molecule has 1 aromatic rings. The summed E-state index contributed by atoms with van der Waals surface area (Å²) in [6, 6.07) is 3.25. The first kappa shape index (κ1) is 16.5. The summed E-state index contributed by atoms with van der Waals surface area (Å²) in [6.07, 6.45) is 4.25. The highest BCUT2D eigenvalue weighted by atomic mass is 79.9. The number of halogens is 1. The Hall–Kier alpha value is -0.920. The minimum atomic E-state index is -3.86. The fraction of sp³-hybridized carbons (Fsp3) is 0.500. The monoisotopic (exact) mass is 374 g/mol. The molecule has 0 aliphatic heterocycles. The van der Waals surface area contributed by atoms with Gasteiger partial charge in [-0.1, -0.05) is 28.8 Å². The third-order valence-electron chi connectivity index (χ3n) is 4.04. The van der Waals surface area contributed by atoms with Crippen LogP contribution >= 0.6 is 15.9 Å². The van der Waals surface area contributed by atoms with Crippen LogP contribution in [-0.4, -0.2) is 32.3 Å². The van der Waals surface area contributed by atoms with Gasteiger partial charge in [0.1, 0.15) is 0 Å². The summed E-state index contributed by atoms with van der Waals surface area (Å²) in [5.74, 6) is -0.174. The van der Waals surface area contributed by atoms with Gasteiger partial charge in [0, 0.05) is 23.1 Å².